The Bertz CT molecular complexity index is 883. The second-order valence-corrected chi connectivity index (χ2v) is 11.3. The van der Waals surface area contributed by atoms with Crippen molar-refractivity contribution in [2.24, 2.45) is 0 Å². The van der Waals surface area contributed by atoms with Gasteiger partial charge in [-0.3, -0.25) is 19.2 Å². The fourth-order valence-corrected chi connectivity index (χ4v) is 4.51. The van der Waals surface area contributed by atoms with Crippen LogP contribution in [0.4, 0.5) is 0 Å². The summed E-state index contributed by atoms with van der Waals surface area (Å²) in [7, 11) is 0. The first kappa shape index (κ1) is 40.3. The summed E-state index contributed by atoms with van der Waals surface area (Å²) in [4.78, 5) is 49.3. The van der Waals surface area contributed by atoms with Crippen molar-refractivity contribution < 1.29 is 43.2 Å². The lowest BCUT2D eigenvalue weighted by Gasteiger charge is -2.37. The molecule has 11 nitrogen and oxygen atoms in total. The number of allylic oxidation sites excluding steroid dienone is 2. The maximum Gasteiger partial charge on any atom is 0.306 e. The number of hydrogen-bond donors (Lipinski definition) is 3. The third kappa shape index (κ3) is 20.8. The zero-order valence-electron chi connectivity index (χ0n) is 27.7. The molecule has 0 atom stereocenters. The molecule has 0 saturated carbocycles. The fourth-order valence-electron chi connectivity index (χ4n) is 4.51. The molecule has 1 aliphatic heterocycles. The molecule has 258 valence electrons. The van der Waals surface area contributed by atoms with E-state index in [9.17, 15) is 24.3 Å². The standard InChI is InChI=1S/C34H58N2O9/c1-3-5-7-9-11-13-15-25-42-31(39)19-17-23-35-30(38)21-22-34(44-27-29(37)28-45-34)33(41)36-24-18-20-32(40)43-26-16-14-12-10-8-6-4-2/h13-16,29,37H,3-12,17-28H2,1-2H3,(H,35,38)(H,36,41)/b15-13-,16-14-. The van der Waals surface area contributed by atoms with E-state index in [-0.39, 0.29) is 83.0 Å². The van der Waals surface area contributed by atoms with Crippen LogP contribution in [0.1, 0.15) is 117 Å². The Balaban J connectivity index is 2.28. The second kappa shape index (κ2) is 26.5. The minimum atomic E-state index is -1.72. The first-order chi connectivity index (χ1) is 21.8. The van der Waals surface area contributed by atoms with Crippen molar-refractivity contribution in [3.05, 3.63) is 24.3 Å². The van der Waals surface area contributed by atoms with Gasteiger partial charge in [0.2, 0.25) is 11.7 Å². The highest BCUT2D eigenvalue weighted by Gasteiger charge is 2.44. The quantitative estimate of drug-likeness (QED) is 0.0690. The number of rotatable bonds is 26. The van der Waals surface area contributed by atoms with Crippen LogP contribution in [0.3, 0.4) is 0 Å². The highest BCUT2D eigenvalue weighted by atomic mass is 16.7. The predicted octanol–water partition coefficient (Wildman–Crippen LogP) is 4.80. The molecule has 0 aliphatic carbocycles. The minimum absolute atomic E-state index is 0.0585. The molecule has 11 heteroatoms. The van der Waals surface area contributed by atoms with E-state index in [1.807, 2.05) is 24.3 Å². The van der Waals surface area contributed by atoms with Crippen molar-refractivity contribution in [3.8, 4) is 0 Å². The van der Waals surface area contributed by atoms with Crippen LogP contribution in [-0.4, -0.2) is 80.3 Å². The number of carbonyl (C=O) groups excluding carboxylic acids is 4. The molecule has 0 unspecified atom stereocenters. The first-order valence-corrected chi connectivity index (χ1v) is 16.9. The van der Waals surface area contributed by atoms with Crippen LogP contribution >= 0.6 is 0 Å². The minimum Gasteiger partial charge on any atom is -0.461 e. The number of nitrogens with one attached hydrogen (secondary N) is 2. The van der Waals surface area contributed by atoms with Gasteiger partial charge in [-0.2, -0.15) is 0 Å². The number of carbonyl (C=O) groups is 4. The third-order valence-corrected chi connectivity index (χ3v) is 7.23. The summed E-state index contributed by atoms with van der Waals surface area (Å²) >= 11 is 0. The molecule has 0 aromatic carbocycles. The zero-order valence-corrected chi connectivity index (χ0v) is 27.7. The van der Waals surface area contributed by atoms with Gasteiger partial charge in [-0.25, -0.2) is 0 Å². The normalized spacial score (nSPS) is 18.2. The Kier molecular flexibility index (Phi) is 23.7. The van der Waals surface area contributed by atoms with E-state index in [0.29, 0.717) is 12.8 Å². The van der Waals surface area contributed by atoms with Crippen LogP contribution in [-0.2, 0) is 38.1 Å². The molecule has 0 radical (unpaired) electrons. The molecule has 3 N–H and O–H groups in total. The summed E-state index contributed by atoms with van der Waals surface area (Å²) < 4.78 is 21.5. The summed E-state index contributed by atoms with van der Waals surface area (Å²) in [5, 5.41) is 15.2. The van der Waals surface area contributed by atoms with E-state index in [0.717, 1.165) is 25.7 Å². The lowest BCUT2D eigenvalue weighted by atomic mass is 10.1. The summed E-state index contributed by atoms with van der Waals surface area (Å²) in [6.07, 6.45) is 19.4. The van der Waals surface area contributed by atoms with E-state index >= 15 is 0 Å². The maximum absolute atomic E-state index is 13.0. The van der Waals surface area contributed by atoms with Gasteiger partial charge >= 0.3 is 11.9 Å². The van der Waals surface area contributed by atoms with Gasteiger partial charge in [-0.1, -0.05) is 76.7 Å². The number of amides is 2. The molecular formula is C34H58N2O9. The van der Waals surface area contributed by atoms with Crippen molar-refractivity contribution in [2.75, 3.05) is 39.5 Å². The summed E-state index contributed by atoms with van der Waals surface area (Å²) in [5.41, 5.74) is 0. The Morgan fingerprint density at radius 1 is 0.711 bits per heavy atom. The van der Waals surface area contributed by atoms with Crippen LogP contribution < -0.4 is 10.6 Å². The molecule has 45 heavy (non-hydrogen) atoms. The molecule has 1 heterocycles. The van der Waals surface area contributed by atoms with Gasteiger partial charge in [0.05, 0.1) is 13.2 Å². The molecule has 1 fully saturated rings. The van der Waals surface area contributed by atoms with Gasteiger partial charge in [-0.15, -0.1) is 0 Å². The van der Waals surface area contributed by atoms with Crippen LogP contribution in [0.25, 0.3) is 0 Å². The maximum atomic E-state index is 13.0. The number of hydrogen-bond acceptors (Lipinski definition) is 9. The average Bonchev–Trinajstić information content (AvgIpc) is 3.03. The van der Waals surface area contributed by atoms with Crippen LogP contribution in [0.15, 0.2) is 24.3 Å². The Hall–Kier alpha value is -2.76. The summed E-state index contributed by atoms with van der Waals surface area (Å²) in [6, 6.07) is 0. The van der Waals surface area contributed by atoms with E-state index < -0.39 is 17.8 Å². The van der Waals surface area contributed by atoms with E-state index in [1.54, 1.807) is 0 Å². The van der Waals surface area contributed by atoms with Crippen molar-refractivity contribution in [1.29, 1.82) is 0 Å². The van der Waals surface area contributed by atoms with Crippen molar-refractivity contribution >= 4 is 23.8 Å². The van der Waals surface area contributed by atoms with Gasteiger partial charge in [0.1, 0.15) is 19.3 Å². The monoisotopic (exact) mass is 638 g/mol. The number of aliphatic hydroxyl groups excluding tert-OH is 1. The molecule has 0 aromatic heterocycles. The highest BCUT2D eigenvalue weighted by Crippen LogP contribution is 2.25. The van der Waals surface area contributed by atoms with Crippen molar-refractivity contribution in [2.45, 2.75) is 128 Å². The van der Waals surface area contributed by atoms with Gasteiger partial charge in [-0.05, 0) is 38.5 Å². The SMILES string of the molecule is CCCCCC/C=C\COC(=O)CCCNC(=O)CCC1(C(=O)NCCCC(=O)OC/C=C\CCCCCC)OCC(O)CO1. The predicted molar refractivity (Wildman–Crippen MR) is 172 cm³/mol. The molecular weight excluding hydrogens is 580 g/mol. The highest BCUT2D eigenvalue weighted by molar-refractivity contribution is 5.85. The third-order valence-electron chi connectivity index (χ3n) is 7.23. The van der Waals surface area contributed by atoms with E-state index in [4.69, 9.17) is 18.9 Å². The molecule has 0 spiro atoms. The van der Waals surface area contributed by atoms with Gasteiger partial charge in [0.15, 0.2) is 0 Å². The molecule has 0 bridgehead atoms. The topological polar surface area (TPSA) is 149 Å². The van der Waals surface area contributed by atoms with Crippen LogP contribution in [0.2, 0.25) is 0 Å². The van der Waals surface area contributed by atoms with Gasteiger partial charge in [0.25, 0.3) is 5.91 Å². The van der Waals surface area contributed by atoms with Crippen LogP contribution in [0, 0.1) is 0 Å². The molecule has 2 amide bonds. The largest absolute Gasteiger partial charge is 0.461 e. The van der Waals surface area contributed by atoms with E-state index in [2.05, 4.69) is 24.5 Å². The van der Waals surface area contributed by atoms with Crippen LogP contribution in [0.5, 0.6) is 0 Å². The first-order valence-electron chi connectivity index (χ1n) is 16.9. The number of ether oxygens (including phenoxy) is 4. The van der Waals surface area contributed by atoms with Gasteiger partial charge in [0, 0.05) is 38.8 Å². The molecule has 1 aliphatic rings. The molecule has 1 saturated heterocycles. The number of esters is 2. The lowest BCUT2D eigenvalue weighted by molar-refractivity contribution is -0.279. The Morgan fingerprint density at radius 3 is 1.73 bits per heavy atom. The number of aliphatic hydroxyl groups is 1. The second-order valence-electron chi connectivity index (χ2n) is 11.3. The zero-order chi connectivity index (χ0) is 33.0. The smallest absolute Gasteiger partial charge is 0.306 e. The van der Waals surface area contributed by atoms with Crippen molar-refractivity contribution in [1.82, 2.24) is 10.6 Å². The van der Waals surface area contributed by atoms with E-state index in [1.165, 1.54) is 38.5 Å². The number of unbranched alkanes of at least 4 members (excludes halogenated alkanes) is 8. The van der Waals surface area contributed by atoms with Gasteiger partial charge < -0.3 is 34.7 Å². The summed E-state index contributed by atoms with van der Waals surface area (Å²) in [6.45, 7) is 5.09. The lowest BCUT2D eigenvalue weighted by Crippen LogP contribution is -2.56. The Morgan fingerprint density at radius 2 is 1.22 bits per heavy atom. The summed E-state index contributed by atoms with van der Waals surface area (Å²) in [5.74, 6) is -3.28. The van der Waals surface area contributed by atoms with Crippen molar-refractivity contribution in [3.63, 3.8) is 0 Å². The molecule has 0 aromatic rings. The fraction of sp³-hybridized carbons (Fsp3) is 0.765. The Labute approximate surface area is 269 Å². The molecule has 1 rings (SSSR count). The average molecular weight is 639 g/mol.